The van der Waals surface area contributed by atoms with Crippen LogP contribution in [0.25, 0.3) is 0 Å². The third-order valence-corrected chi connectivity index (χ3v) is 4.34. The van der Waals surface area contributed by atoms with Crippen molar-refractivity contribution in [2.45, 2.75) is 58.6 Å². The number of nitrogens with one attached hydrogen (secondary N) is 1. The molecule has 0 spiro atoms. The Morgan fingerprint density at radius 3 is 2.52 bits per heavy atom. The monoisotopic (exact) mass is 373 g/mol. The second-order valence-electron chi connectivity index (χ2n) is 8.03. The number of piperidine rings is 1. The first-order valence-corrected chi connectivity index (χ1v) is 9.10. The maximum absolute atomic E-state index is 12.9. The zero-order chi connectivity index (χ0) is 20.1. The van der Waals surface area contributed by atoms with Crippen molar-refractivity contribution in [2.24, 2.45) is 5.41 Å². The summed E-state index contributed by atoms with van der Waals surface area (Å²) in [6.45, 7) is 7.80. The highest BCUT2D eigenvalue weighted by atomic mass is 16.6. The van der Waals surface area contributed by atoms with Crippen molar-refractivity contribution < 1.29 is 14.3 Å². The molecule has 1 N–H and O–H groups in total. The van der Waals surface area contributed by atoms with Gasteiger partial charge in [-0.15, -0.1) is 5.10 Å². The lowest BCUT2D eigenvalue weighted by Crippen LogP contribution is -2.48. The highest BCUT2D eigenvalue weighted by Gasteiger charge is 2.41. The normalized spacial score (nSPS) is 17.5. The molecule has 1 aromatic rings. The summed E-state index contributed by atoms with van der Waals surface area (Å²) in [6.07, 6.45) is 2.82. The van der Waals surface area contributed by atoms with Gasteiger partial charge in [-0.2, -0.15) is 10.4 Å². The van der Waals surface area contributed by atoms with E-state index in [-0.39, 0.29) is 18.4 Å². The third kappa shape index (κ3) is 5.91. The molecule has 1 fully saturated rings. The van der Waals surface area contributed by atoms with Gasteiger partial charge in [0.25, 0.3) is 0 Å². The van der Waals surface area contributed by atoms with Gasteiger partial charge >= 0.3 is 5.97 Å². The molecule has 1 aromatic heterocycles. The number of carbonyl (C=O) groups excluding carboxylic acids is 2. The number of anilines is 1. The fourth-order valence-corrected chi connectivity index (χ4v) is 2.99. The maximum atomic E-state index is 12.9. The third-order valence-electron chi connectivity index (χ3n) is 4.34. The lowest BCUT2D eigenvalue weighted by Gasteiger charge is -2.36. The van der Waals surface area contributed by atoms with Gasteiger partial charge < -0.3 is 15.0 Å². The molecule has 0 aromatic carbocycles. The molecular weight excluding hydrogens is 346 g/mol. The van der Waals surface area contributed by atoms with Crippen LogP contribution < -0.4 is 5.32 Å². The van der Waals surface area contributed by atoms with Crippen molar-refractivity contribution in [3.63, 3.8) is 0 Å². The SMILES string of the molecule is CC(C)(C)OC(=O)C[C@](C)(C#N)C(=O)N1CCC(Nc2cccnn2)CC1. The average molecular weight is 373 g/mol. The number of amides is 1. The van der Waals surface area contributed by atoms with Gasteiger partial charge in [-0.25, -0.2) is 0 Å². The molecule has 1 saturated heterocycles. The van der Waals surface area contributed by atoms with E-state index in [2.05, 4.69) is 15.5 Å². The number of ether oxygens (including phenoxy) is 1. The molecule has 0 saturated carbocycles. The molecule has 1 atom stereocenters. The van der Waals surface area contributed by atoms with Crippen LogP contribution >= 0.6 is 0 Å². The van der Waals surface area contributed by atoms with E-state index in [1.165, 1.54) is 6.92 Å². The predicted molar refractivity (Wildman–Crippen MR) is 99.4 cm³/mol. The Hall–Kier alpha value is -2.69. The van der Waals surface area contributed by atoms with Gasteiger partial charge in [0.2, 0.25) is 5.91 Å². The first-order chi connectivity index (χ1) is 12.6. The van der Waals surface area contributed by atoms with E-state index in [1.54, 1.807) is 31.9 Å². The van der Waals surface area contributed by atoms with Crippen LogP contribution in [0.1, 0.15) is 47.0 Å². The summed E-state index contributed by atoms with van der Waals surface area (Å²) in [4.78, 5) is 26.6. The number of likely N-dealkylation sites (tertiary alicyclic amines) is 1. The maximum Gasteiger partial charge on any atom is 0.308 e. The number of nitriles is 1. The van der Waals surface area contributed by atoms with Crippen molar-refractivity contribution in [1.82, 2.24) is 15.1 Å². The lowest BCUT2D eigenvalue weighted by molar-refractivity contribution is -0.160. The van der Waals surface area contributed by atoms with E-state index >= 15 is 0 Å². The summed E-state index contributed by atoms with van der Waals surface area (Å²) in [5.41, 5.74) is -2.08. The van der Waals surface area contributed by atoms with Crippen LogP contribution in [-0.2, 0) is 14.3 Å². The Balaban J connectivity index is 1.92. The van der Waals surface area contributed by atoms with Crippen LogP contribution in [0.5, 0.6) is 0 Å². The molecule has 2 rings (SSSR count). The van der Waals surface area contributed by atoms with Crippen molar-refractivity contribution >= 4 is 17.7 Å². The largest absolute Gasteiger partial charge is 0.460 e. The predicted octanol–water partition coefficient (Wildman–Crippen LogP) is 2.14. The molecule has 0 bridgehead atoms. The van der Waals surface area contributed by atoms with Crippen molar-refractivity contribution in [1.29, 1.82) is 5.26 Å². The molecule has 1 aliphatic rings. The fourth-order valence-electron chi connectivity index (χ4n) is 2.99. The lowest BCUT2D eigenvalue weighted by atomic mass is 9.86. The molecule has 27 heavy (non-hydrogen) atoms. The molecule has 0 radical (unpaired) electrons. The van der Waals surface area contributed by atoms with E-state index in [9.17, 15) is 14.9 Å². The van der Waals surface area contributed by atoms with E-state index < -0.39 is 17.0 Å². The number of hydrogen-bond donors (Lipinski definition) is 1. The topological polar surface area (TPSA) is 108 Å². The molecule has 0 aliphatic carbocycles. The van der Waals surface area contributed by atoms with Crippen molar-refractivity contribution in [3.05, 3.63) is 18.3 Å². The zero-order valence-corrected chi connectivity index (χ0v) is 16.4. The summed E-state index contributed by atoms with van der Waals surface area (Å²) in [5.74, 6) is -0.165. The Morgan fingerprint density at radius 1 is 1.33 bits per heavy atom. The number of esters is 1. The van der Waals surface area contributed by atoms with Crippen LogP contribution in [-0.4, -0.2) is 51.7 Å². The van der Waals surface area contributed by atoms with Gasteiger partial charge in [0.05, 0.1) is 12.5 Å². The molecule has 2 heterocycles. The highest BCUT2D eigenvalue weighted by molar-refractivity contribution is 5.89. The first kappa shape index (κ1) is 20.6. The number of rotatable bonds is 5. The highest BCUT2D eigenvalue weighted by Crippen LogP contribution is 2.27. The fraction of sp³-hybridized carbons (Fsp3) is 0.632. The summed E-state index contributed by atoms with van der Waals surface area (Å²) >= 11 is 0. The minimum Gasteiger partial charge on any atom is -0.460 e. The Morgan fingerprint density at radius 2 is 2.00 bits per heavy atom. The Labute approximate surface area is 159 Å². The van der Waals surface area contributed by atoms with Gasteiger partial charge in [0, 0.05) is 25.3 Å². The molecule has 146 valence electrons. The molecule has 1 aliphatic heterocycles. The van der Waals surface area contributed by atoms with Gasteiger partial charge in [0.15, 0.2) is 0 Å². The van der Waals surface area contributed by atoms with E-state index in [1.807, 2.05) is 18.2 Å². The van der Waals surface area contributed by atoms with Crippen LogP contribution in [0.15, 0.2) is 18.3 Å². The zero-order valence-electron chi connectivity index (χ0n) is 16.4. The standard InChI is InChI=1S/C19H27N5O3/c1-18(2,3)27-16(25)12-19(4,13-20)17(26)24-10-7-14(8-11-24)22-15-6-5-9-21-23-15/h5-6,9,14H,7-8,10-12H2,1-4H3,(H,22,23)/t19-/m1/s1. The van der Waals surface area contributed by atoms with Gasteiger partial charge in [0.1, 0.15) is 16.8 Å². The summed E-state index contributed by atoms with van der Waals surface area (Å²) in [7, 11) is 0. The van der Waals surface area contributed by atoms with E-state index in [0.717, 1.165) is 12.8 Å². The first-order valence-electron chi connectivity index (χ1n) is 9.10. The van der Waals surface area contributed by atoms with Gasteiger partial charge in [-0.05, 0) is 52.7 Å². The average Bonchev–Trinajstić information content (AvgIpc) is 2.61. The van der Waals surface area contributed by atoms with Gasteiger partial charge in [-0.3, -0.25) is 9.59 Å². The smallest absolute Gasteiger partial charge is 0.308 e. The number of hydrogen-bond acceptors (Lipinski definition) is 7. The van der Waals surface area contributed by atoms with E-state index in [0.29, 0.717) is 18.9 Å². The summed E-state index contributed by atoms with van der Waals surface area (Å²) in [6, 6.07) is 5.86. The molecular formula is C19H27N5O3. The number of aromatic nitrogens is 2. The van der Waals surface area contributed by atoms with E-state index in [4.69, 9.17) is 4.74 Å². The minimum atomic E-state index is -1.42. The second kappa shape index (κ2) is 8.33. The number of nitrogens with zero attached hydrogens (tertiary/aromatic N) is 4. The summed E-state index contributed by atoms with van der Waals surface area (Å²) in [5, 5.41) is 20.7. The molecule has 8 nitrogen and oxygen atoms in total. The van der Waals surface area contributed by atoms with Crippen LogP contribution in [0.3, 0.4) is 0 Å². The van der Waals surface area contributed by atoms with Crippen LogP contribution in [0.2, 0.25) is 0 Å². The Kier molecular flexibility index (Phi) is 6.37. The molecule has 1 amide bonds. The van der Waals surface area contributed by atoms with Crippen LogP contribution in [0.4, 0.5) is 5.82 Å². The molecule has 0 unspecified atom stereocenters. The summed E-state index contributed by atoms with van der Waals surface area (Å²) < 4.78 is 5.27. The minimum absolute atomic E-state index is 0.185. The van der Waals surface area contributed by atoms with Crippen molar-refractivity contribution in [3.8, 4) is 6.07 Å². The second-order valence-corrected chi connectivity index (χ2v) is 8.03. The van der Waals surface area contributed by atoms with Crippen LogP contribution in [0, 0.1) is 16.7 Å². The quantitative estimate of drug-likeness (QED) is 0.788. The Bertz CT molecular complexity index is 702. The van der Waals surface area contributed by atoms with Crippen molar-refractivity contribution in [2.75, 3.05) is 18.4 Å². The molecule has 8 heteroatoms. The van der Waals surface area contributed by atoms with Gasteiger partial charge in [-0.1, -0.05) is 0 Å². The number of carbonyl (C=O) groups is 2.